The lowest BCUT2D eigenvalue weighted by molar-refractivity contribution is -0.338. The molecule has 18 heteroatoms. The first-order valence-electron chi connectivity index (χ1n) is 23.1. The van der Waals surface area contributed by atoms with Gasteiger partial charge in [-0.25, -0.2) is 0 Å². The van der Waals surface area contributed by atoms with Crippen LogP contribution >= 0.6 is 0 Å². The number of rotatable bonds is 21. The van der Waals surface area contributed by atoms with E-state index in [1.54, 1.807) is 4.90 Å². The van der Waals surface area contributed by atoms with Crippen LogP contribution in [0, 0.1) is 17.8 Å². The number of hydrogen-bond donors (Lipinski definition) is 7. The summed E-state index contributed by atoms with van der Waals surface area (Å²) in [5, 5.41) is 59.9. The third-order valence-electron chi connectivity index (χ3n) is 13.4. The molecule has 0 radical (unpaired) electrons. The predicted molar refractivity (Wildman–Crippen MR) is 221 cm³/mol. The van der Waals surface area contributed by atoms with Gasteiger partial charge in [-0.3, -0.25) is 19.2 Å². The molecular formula is C44H73N3O15. The average Bonchev–Trinajstić information content (AvgIpc) is 3.22. The normalized spacial score (nSPS) is 36.0. The quantitative estimate of drug-likeness (QED) is 0.0787. The van der Waals surface area contributed by atoms with Gasteiger partial charge in [0.05, 0.1) is 24.9 Å². The molecular weight excluding hydrogens is 810 g/mol. The fraction of sp³-hybridized carbons (Fsp3) is 0.886. The Morgan fingerprint density at radius 2 is 1.53 bits per heavy atom. The van der Waals surface area contributed by atoms with Crippen molar-refractivity contribution >= 4 is 29.3 Å². The van der Waals surface area contributed by atoms with E-state index in [0.717, 1.165) is 38.5 Å². The number of amides is 3. The summed E-state index contributed by atoms with van der Waals surface area (Å²) < 4.78 is 31.9. The Morgan fingerprint density at radius 1 is 0.806 bits per heavy atom. The molecule has 18 nitrogen and oxygen atoms in total. The molecule has 354 valence electrons. The van der Waals surface area contributed by atoms with Crippen LogP contribution in [-0.2, 0) is 47.7 Å². The lowest BCUT2D eigenvalue weighted by Crippen LogP contribution is -2.67. The molecule has 62 heavy (non-hydrogen) atoms. The van der Waals surface area contributed by atoms with Crippen molar-refractivity contribution < 1.29 is 73.2 Å². The highest BCUT2D eigenvalue weighted by Crippen LogP contribution is 2.40. The second kappa shape index (κ2) is 24.0. The minimum Gasteiger partial charge on any atom is -0.394 e. The first kappa shape index (κ1) is 50.4. The van der Waals surface area contributed by atoms with Crippen LogP contribution in [0.3, 0.4) is 0 Å². The maximum Gasteiger partial charge on any atom is 0.251 e. The minimum atomic E-state index is -1.63. The third-order valence-corrected chi connectivity index (χ3v) is 13.4. The van der Waals surface area contributed by atoms with Crippen LogP contribution in [0.4, 0.5) is 0 Å². The van der Waals surface area contributed by atoms with Crippen molar-refractivity contribution in [2.75, 3.05) is 26.2 Å². The van der Waals surface area contributed by atoms with E-state index in [2.05, 4.69) is 10.6 Å². The monoisotopic (exact) mass is 884 g/mol. The zero-order chi connectivity index (χ0) is 45.1. The van der Waals surface area contributed by atoms with E-state index in [0.29, 0.717) is 51.6 Å². The number of likely N-dealkylation sites (tertiary alicyclic amines) is 1. The summed E-state index contributed by atoms with van der Waals surface area (Å²) in [6.07, 6.45) is -6.30. The molecule has 5 rings (SSSR count). The zero-order valence-electron chi connectivity index (χ0n) is 36.9. The molecule has 3 saturated heterocycles. The lowest BCUT2D eigenvalue weighted by atomic mass is 9.74. The average molecular weight is 884 g/mol. The SMILES string of the molecule is CCC1CC(C(=O)CCCNC(=O)CCCC(C)=O)C[C@@H](O[C@@H]2O[C@@H](CO)[C@H](O)C(O[C@@H](CC3CCCCC3)C(=O)N3CCC3)C2NC(C)=O)[C@@H]1O[C@@H]1OC(C)[C@@H](O)[C@H](O)C1O. The van der Waals surface area contributed by atoms with Crippen molar-refractivity contribution in [3.63, 3.8) is 0 Å². The molecule has 6 unspecified atom stereocenters. The summed E-state index contributed by atoms with van der Waals surface area (Å²) in [5.41, 5.74) is 0. The van der Waals surface area contributed by atoms with Crippen molar-refractivity contribution in [1.29, 1.82) is 0 Å². The van der Waals surface area contributed by atoms with E-state index in [1.165, 1.54) is 20.8 Å². The van der Waals surface area contributed by atoms with Crippen molar-refractivity contribution in [3.8, 4) is 0 Å². The van der Waals surface area contributed by atoms with Gasteiger partial charge in [-0.1, -0.05) is 45.4 Å². The molecule has 3 heterocycles. The fourth-order valence-corrected chi connectivity index (χ4v) is 9.65. The molecule has 0 spiro atoms. The van der Waals surface area contributed by atoms with Gasteiger partial charge in [-0.15, -0.1) is 0 Å². The second-order valence-corrected chi connectivity index (χ2v) is 18.2. The number of nitrogens with one attached hydrogen (secondary N) is 2. The highest BCUT2D eigenvalue weighted by atomic mass is 16.7. The van der Waals surface area contributed by atoms with Crippen LogP contribution in [0.2, 0.25) is 0 Å². The first-order valence-corrected chi connectivity index (χ1v) is 23.1. The number of ketones is 2. The van der Waals surface area contributed by atoms with Gasteiger partial charge in [0.1, 0.15) is 60.3 Å². The predicted octanol–water partition coefficient (Wildman–Crippen LogP) is 0.785. The standard InChI is InChI=1S/C44H73N3O15/c1-5-28-21-29(30(51)15-10-17-45-34(52)16-9-12-24(2)49)22-31(40(28)62-44-39(56)38(55)36(53)25(3)58-44)60-43-35(46-26(4)50)41(37(54)33(23-48)61-43)59-32(42(57)47-18-11-19-47)20-27-13-7-6-8-14-27/h25,27-29,31-33,35-41,43-44,48,53-56H,5-23H2,1-4H3,(H,45,52)(H,46,50)/t25?,28?,29?,31-,32+,33+,35?,36-,37+,38+,39?,40-,41?,43-,44+/m1/s1. The van der Waals surface area contributed by atoms with Crippen molar-refractivity contribution in [2.24, 2.45) is 17.8 Å². The Hall–Kier alpha value is -2.65. The Balaban J connectivity index is 1.40. The van der Waals surface area contributed by atoms with Crippen LogP contribution < -0.4 is 10.6 Å². The third kappa shape index (κ3) is 13.5. The summed E-state index contributed by atoms with van der Waals surface area (Å²) >= 11 is 0. The Morgan fingerprint density at radius 3 is 2.16 bits per heavy atom. The molecule has 3 aliphatic heterocycles. The van der Waals surface area contributed by atoms with Crippen LogP contribution in [0.15, 0.2) is 0 Å². The van der Waals surface area contributed by atoms with Crippen LogP contribution in [0.25, 0.3) is 0 Å². The van der Waals surface area contributed by atoms with E-state index in [4.69, 9.17) is 23.7 Å². The molecule has 15 atom stereocenters. The Kier molecular flexibility index (Phi) is 19.5. The molecule has 2 saturated carbocycles. The van der Waals surface area contributed by atoms with Gasteiger partial charge in [-0.05, 0) is 64.2 Å². The number of ether oxygens (including phenoxy) is 5. The topological polar surface area (TPSA) is 260 Å². The van der Waals surface area contributed by atoms with Gasteiger partial charge < -0.3 is 69.5 Å². The molecule has 5 fully saturated rings. The fourth-order valence-electron chi connectivity index (χ4n) is 9.65. The molecule has 3 amide bonds. The summed E-state index contributed by atoms with van der Waals surface area (Å²) in [4.78, 5) is 66.0. The van der Waals surface area contributed by atoms with Crippen LogP contribution in [0.5, 0.6) is 0 Å². The number of carbonyl (C=O) groups is 5. The van der Waals surface area contributed by atoms with E-state index >= 15 is 0 Å². The number of hydrogen-bond acceptors (Lipinski definition) is 15. The van der Waals surface area contributed by atoms with Gasteiger partial charge in [0.2, 0.25) is 11.8 Å². The molecule has 0 aromatic rings. The molecule has 2 aliphatic carbocycles. The minimum absolute atomic E-state index is 0.0109. The molecule has 0 bridgehead atoms. The largest absolute Gasteiger partial charge is 0.394 e. The highest BCUT2D eigenvalue weighted by Gasteiger charge is 2.53. The van der Waals surface area contributed by atoms with Gasteiger partial charge in [0, 0.05) is 51.7 Å². The molecule has 0 aromatic heterocycles. The maximum atomic E-state index is 13.9. The number of aliphatic hydroxyl groups is 5. The number of Topliss-reactive ketones (excluding diaryl/α,β-unsaturated/α-hetero) is 2. The van der Waals surface area contributed by atoms with Crippen LogP contribution in [-0.4, -0.2) is 166 Å². The highest BCUT2D eigenvalue weighted by molar-refractivity contribution is 5.82. The number of aliphatic hydroxyl groups excluding tert-OH is 5. The zero-order valence-corrected chi connectivity index (χ0v) is 36.9. The van der Waals surface area contributed by atoms with Gasteiger partial charge in [0.25, 0.3) is 5.91 Å². The molecule has 0 aromatic carbocycles. The van der Waals surface area contributed by atoms with Gasteiger partial charge >= 0.3 is 0 Å². The first-order chi connectivity index (χ1) is 29.6. The summed E-state index contributed by atoms with van der Waals surface area (Å²) in [6, 6.07) is -1.20. The van der Waals surface area contributed by atoms with Crippen molar-refractivity contribution in [2.45, 2.75) is 204 Å². The van der Waals surface area contributed by atoms with E-state index < -0.39 is 98.1 Å². The van der Waals surface area contributed by atoms with E-state index in [1.807, 2.05) is 6.92 Å². The van der Waals surface area contributed by atoms with Crippen molar-refractivity contribution in [1.82, 2.24) is 15.5 Å². The van der Waals surface area contributed by atoms with Crippen LogP contribution in [0.1, 0.15) is 124 Å². The number of nitrogens with zero attached hydrogens (tertiary/aromatic N) is 1. The Labute approximate surface area is 365 Å². The molecule has 7 N–H and O–H groups in total. The lowest BCUT2D eigenvalue weighted by Gasteiger charge is -2.49. The summed E-state index contributed by atoms with van der Waals surface area (Å²) in [6.45, 7) is 7.00. The second-order valence-electron chi connectivity index (χ2n) is 18.2. The van der Waals surface area contributed by atoms with E-state index in [9.17, 15) is 49.5 Å². The smallest absolute Gasteiger partial charge is 0.251 e. The Bertz CT molecular complexity index is 1480. The van der Waals surface area contributed by atoms with E-state index in [-0.39, 0.29) is 61.0 Å². The molecule has 5 aliphatic rings. The summed E-state index contributed by atoms with van der Waals surface area (Å²) in [7, 11) is 0. The van der Waals surface area contributed by atoms with Crippen molar-refractivity contribution in [3.05, 3.63) is 0 Å². The number of carbonyl (C=O) groups excluding carboxylic acids is 5. The summed E-state index contributed by atoms with van der Waals surface area (Å²) in [5.74, 6) is -1.67. The van der Waals surface area contributed by atoms with Gasteiger partial charge in [0.15, 0.2) is 12.6 Å². The van der Waals surface area contributed by atoms with Gasteiger partial charge in [-0.2, -0.15) is 0 Å². The maximum absolute atomic E-state index is 13.9.